The lowest BCUT2D eigenvalue weighted by molar-refractivity contribution is 0.122. The topological polar surface area (TPSA) is 15.3 Å². The van der Waals surface area contributed by atoms with Crippen LogP contribution in [0.2, 0.25) is 0 Å². The molecule has 2 nitrogen and oxygen atoms in total. The van der Waals surface area contributed by atoms with E-state index in [4.69, 9.17) is 0 Å². The summed E-state index contributed by atoms with van der Waals surface area (Å²) in [5.74, 6) is 2.08. The fraction of sp³-hybridized carbons (Fsp3) is 1.00. The molecule has 3 heteroatoms. The predicted octanol–water partition coefficient (Wildman–Crippen LogP) is 2.84. The number of hydrogen-bond acceptors (Lipinski definition) is 3. The van der Waals surface area contributed by atoms with Crippen molar-refractivity contribution in [1.29, 1.82) is 0 Å². The maximum absolute atomic E-state index is 3.74. The minimum absolute atomic E-state index is 0.713. The molecule has 1 aliphatic heterocycles. The van der Waals surface area contributed by atoms with Crippen molar-refractivity contribution in [1.82, 2.24) is 10.2 Å². The molecule has 0 aromatic carbocycles. The van der Waals surface area contributed by atoms with E-state index in [1.807, 2.05) is 11.8 Å². The summed E-state index contributed by atoms with van der Waals surface area (Å²) in [7, 11) is 0. The number of nitrogens with one attached hydrogen (secondary N) is 1. The molecule has 0 spiro atoms. The highest BCUT2D eigenvalue weighted by atomic mass is 32.2. The highest BCUT2D eigenvalue weighted by Gasteiger charge is 2.26. The lowest BCUT2D eigenvalue weighted by Crippen LogP contribution is -2.57. The molecule has 102 valence electrons. The van der Waals surface area contributed by atoms with E-state index in [1.54, 1.807) is 0 Å². The van der Waals surface area contributed by atoms with Gasteiger partial charge in [-0.05, 0) is 25.0 Å². The van der Waals surface area contributed by atoms with Crippen molar-refractivity contribution < 1.29 is 0 Å². The van der Waals surface area contributed by atoms with E-state index in [9.17, 15) is 0 Å². The lowest BCUT2D eigenvalue weighted by Gasteiger charge is -2.41. The Balaban J connectivity index is 2.44. The second-order valence-corrected chi connectivity index (χ2v) is 6.65. The van der Waals surface area contributed by atoms with Crippen LogP contribution in [0.4, 0.5) is 0 Å². The van der Waals surface area contributed by atoms with Gasteiger partial charge in [-0.15, -0.1) is 0 Å². The summed E-state index contributed by atoms with van der Waals surface area (Å²) >= 11 is 1.97. The highest BCUT2D eigenvalue weighted by molar-refractivity contribution is 7.98. The normalized spacial score (nSPS) is 26.6. The number of rotatable bonds is 7. The van der Waals surface area contributed by atoms with Gasteiger partial charge in [0.05, 0.1) is 0 Å². The fourth-order valence-corrected chi connectivity index (χ4v) is 3.17. The number of hydrogen-bond donors (Lipinski definition) is 1. The van der Waals surface area contributed by atoms with Crippen molar-refractivity contribution in [3.63, 3.8) is 0 Å². The Labute approximate surface area is 112 Å². The third-order valence-corrected chi connectivity index (χ3v) is 4.16. The van der Waals surface area contributed by atoms with Crippen molar-refractivity contribution in [2.24, 2.45) is 5.92 Å². The molecule has 1 rings (SSSR count). The van der Waals surface area contributed by atoms with Crippen molar-refractivity contribution in [2.45, 2.75) is 52.1 Å². The first kappa shape index (κ1) is 15.3. The molecule has 17 heavy (non-hydrogen) atoms. The second kappa shape index (κ2) is 8.39. The maximum Gasteiger partial charge on any atom is 0.0221 e. The summed E-state index contributed by atoms with van der Waals surface area (Å²) in [6.07, 6.45) is 6.17. The van der Waals surface area contributed by atoms with Gasteiger partial charge in [0.15, 0.2) is 0 Å². The van der Waals surface area contributed by atoms with Crippen LogP contribution in [0.5, 0.6) is 0 Å². The van der Waals surface area contributed by atoms with Gasteiger partial charge in [0.2, 0.25) is 0 Å². The molecule has 0 bridgehead atoms. The van der Waals surface area contributed by atoms with Crippen molar-refractivity contribution in [2.75, 3.05) is 31.6 Å². The summed E-state index contributed by atoms with van der Waals surface area (Å²) in [5.41, 5.74) is 0. The van der Waals surface area contributed by atoms with Crippen LogP contribution in [0.25, 0.3) is 0 Å². The largest absolute Gasteiger partial charge is 0.311 e. The van der Waals surface area contributed by atoms with E-state index < -0.39 is 0 Å². The third-order valence-electron chi connectivity index (χ3n) is 3.57. The Hall–Kier alpha value is 0.270. The molecule has 1 fully saturated rings. The van der Waals surface area contributed by atoms with Gasteiger partial charge in [-0.2, -0.15) is 11.8 Å². The van der Waals surface area contributed by atoms with Gasteiger partial charge in [-0.3, -0.25) is 4.90 Å². The third kappa shape index (κ3) is 5.62. The summed E-state index contributed by atoms with van der Waals surface area (Å²) in [5, 5.41) is 3.74. The molecule has 0 saturated carbocycles. The van der Waals surface area contributed by atoms with Crippen LogP contribution in [0.3, 0.4) is 0 Å². The molecule has 0 amide bonds. The number of nitrogens with zero attached hydrogens (tertiary/aromatic N) is 1. The Bertz CT molecular complexity index is 197. The molecule has 0 aliphatic carbocycles. The van der Waals surface area contributed by atoms with Crippen LogP contribution in [-0.4, -0.2) is 48.6 Å². The van der Waals surface area contributed by atoms with Gasteiger partial charge < -0.3 is 5.32 Å². The number of piperazine rings is 1. The predicted molar refractivity (Wildman–Crippen MR) is 79.9 cm³/mol. The standard InChI is InChI=1S/C14H30N2S/c1-5-6-14-10-15-13(9-12(2)3)11-16(14)7-8-17-4/h12-15H,5-11H2,1-4H3. The SMILES string of the molecule is CCCC1CNC(CC(C)C)CN1CCSC. The van der Waals surface area contributed by atoms with Crippen LogP contribution < -0.4 is 5.32 Å². The van der Waals surface area contributed by atoms with Crippen LogP contribution in [-0.2, 0) is 0 Å². The number of thioether (sulfide) groups is 1. The summed E-state index contributed by atoms with van der Waals surface area (Å²) in [6.45, 7) is 10.7. The molecule has 1 aliphatic rings. The maximum atomic E-state index is 3.74. The van der Waals surface area contributed by atoms with E-state index in [1.165, 1.54) is 44.6 Å². The molecular weight excluding hydrogens is 228 g/mol. The van der Waals surface area contributed by atoms with E-state index in [0.717, 1.165) is 12.0 Å². The van der Waals surface area contributed by atoms with Crippen molar-refractivity contribution in [3.8, 4) is 0 Å². The van der Waals surface area contributed by atoms with Gasteiger partial charge in [0.25, 0.3) is 0 Å². The zero-order valence-electron chi connectivity index (χ0n) is 12.0. The quantitative estimate of drug-likeness (QED) is 0.756. The van der Waals surface area contributed by atoms with Gasteiger partial charge in [0, 0.05) is 37.5 Å². The molecule has 0 aromatic heterocycles. The Kier molecular flexibility index (Phi) is 7.56. The first-order valence-electron chi connectivity index (χ1n) is 7.13. The minimum Gasteiger partial charge on any atom is -0.311 e. The van der Waals surface area contributed by atoms with Crippen molar-refractivity contribution >= 4 is 11.8 Å². The Morgan fingerprint density at radius 2 is 2.18 bits per heavy atom. The fourth-order valence-electron chi connectivity index (χ4n) is 2.76. The molecule has 0 radical (unpaired) electrons. The van der Waals surface area contributed by atoms with E-state index >= 15 is 0 Å². The molecular formula is C14H30N2S. The van der Waals surface area contributed by atoms with Crippen LogP contribution in [0.1, 0.15) is 40.0 Å². The molecule has 1 heterocycles. The first-order chi connectivity index (χ1) is 8.17. The van der Waals surface area contributed by atoms with Crippen molar-refractivity contribution in [3.05, 3.63) is 0 Å². The van der Waals surface area contributed by atoms with Crippen LogP contribution in [0.15, 0.2) is 0 Å². The van der Waals surface area contributed by atoms with E-state index in [0.29, 0.717) is 6.04 Å². The second-order valence-electron chi connectivity index (χ2n) is 5.66. The molecule has 1 N–H and O–H groups in total. The molecule has 1 saturated heterocycles. The molecule has 2 unspecified atom stereocenters. The van der Waals surface area contributed by atoms with Gasteiger partial charge >= 0.3 is 0 Å². The highest BCUT2D eigenvalue weighted by Crippen LogP contribution is 2.16. The van der Waals surface area contributed by atoms with Gasteiger partial charge in [-0.1, -0.05) is 27.2 Å². The lowest BCUT2D eigenvalue weighted by atomic mass is 9.98. The monoisotopic (exact) mass is 258 g/mol. The Morgan fingerprint density at radius 3 is 2.76 bits per heavy atom. The average Bonchev–Trinajstić information content (AvgIpc) is 2.28. The molecule has 0 aromatic rings. The summed E-state index contributed by atoms with van der Waals surface area (Å²) in [6, 6.07) is 1.49. The molecule has 2 atom stereocenters. The smallest absolute Gasteiger partial charge is 0.0221 e. The van der Waals surface area contributed by atoms with Gasteiger partial charge in [0.1, 0.15) is 0 Å². The Morgan fingerprint density at radius 1 is 1.41 bits per heavy atom. The van der Waals surface area contributed by atoms with Gasteiger partial charge in [-0.25, -0.2) is 0 Å². The van der Waals surface area contributed by atoms with Crippen LogP contribution >= 0.6 is 11.8 Å². The van der Waals surface area contributed by atoms with Crippen LogP contribution in [0, 0.1) is 5.92 Å². The zero-order valence-corrected chi connectivity index (χ0v) is 12.9. The minimum atomic E-state index is 0.713. The zero-order chi connectivity index (χ0) is 12.7. The van der Waals surface area contributed by atoms with E-state index in [-0.39, 0.29) is 0 Å². The summed E-state index contributed by atoms with van der Waals surface area (Å²) in [4.78, 5) is 2.73. The van der Waals surface area contributed by atoms with E-state index in [2.05, 4.69) is 37.2 Å². The summed E-state index contributed by atoms with van der Waals surface area (Å²) < 4.78 is 0. The first-order valence-corrected chi connectivity index (χ1v) is 8.53. The average molecular weight is 258 g/mol.